The van der Waals surface area contributed by atoms with E-state index in [1.54, 1.807) is 0 Å². The predicted molar refractivity (Wildman–Crippen MR) is 72.2 cm³/mol. The quantitative estimate of drug-likeness (QED) is 0.857. The van der Waals surface area contributed by atoms with Gasteiger partial charge < -0.3 is 5.32 Å². The SMILES string of the molecule is CCCC(Cc1nn(C)c2ccccc12)NC. The molecule has 1 heterocycles. The van der Waals surface area contributed by atoms with Crippen molar-refractivity contribution in [2.45, 2.75) is 32.2 Å². The molecule has 0 spiro atoms. The van der Waals surface area contributed by atoms with Gasteiger partial charge in [-0.2, -0.15) is 5.10 Å². The molecule has 0 aliphatic heterocycles. The lowest BCUT2D eigenvalue weighted by Gasteiger charge is -2.13. The van der Waals surface area contributed by atoms with E-state index in [9.17, 15) is 0 Å². The predicted octanol–water partition coefficient (Wildman–Crippen LogP) is 2.50. The summed E-state index contributed by atoms with van der Waals surface area (Å²) in [6.07, 6.45) is 3.41. The average Bonchev–Trinajstić information content (AvgIpc) is 2.66. The van der Waals surface area contributed by atoms with Crippen LogP contribution in [-0.4, -0.2) is 22.9 Å². The molecule has 1 atom stereocenters. The number of benzene rings is 1. The molecule has 17 heavy (non-hydrogen) atoms. The van der Waals surface area contributed by atoms with Gasteiger partial charge in [0.25, 0.3) is 0 Å². The fraction of sp³-hybridized carbons (Fsp3) is 0.500. The minimum atomic E-state index is 0.526. The molecular formula is C14H21N3. The normalized spacial score (nSPS) is 13.1. The highest BCUT2D eigenvalue weighted by molar-refractivity contribution is 5.81. The van der Waals surface area contributed by atoms with Crippen LogP contribution in [0, 0.1) is 0 Å². The summed E-state index contributed by atoms with van der Waals surface area (Å²) < 4.78 is 1.98. The fourth-order valence-electron chi connectivity index (χ4n) is 2.37. The van der Waals surface area contributed by atoms with Gasteiger partial charge >= 0.3 is 0 Å². The van der Waals surface area contributed by atoms with E-state index in [-0.39, 0.29) is 0 Å². The Kier molecular flexibility index (Phi) is 3.79. The Morgan fingerprint density at radius 2 is 2.12 bits per heavy atom. The summed E-state index contributed by atoms with van der Waals surface area (Å²) in [5.74, 6) is 0. The number of rotatable bonds is 5. The molecule has 0 saturated heterocycles. The third kappa shape index (κ3) is 2.50. The van der Waals surface area contributed by atoms with Gasteiger partial charge in [-0.05, 0) is 19.5 Å². The van der Waals surface area contributed by atoms with E-state index in [2.05, 4.69) is 41.6 Å². The second kappa shape index (κ2) is 5.32. The van der Waals surface area contributed by atoms with Crippen molar-refractivity contribution in [1.29, 1.82) is 0 Å². The van der Waals surface area contributed by atoms with Crippen LogP contribution in [0.15, 0.2) is 24.3 Å². The van der Waals surface area contributed by atoms with E-state index in [0.717, 1.165) is 6.42 Å². The molecule has 3 nitrogen and oxygen atoms in total. The molecule has 1 N–H and O–H groups in total. The lowest BCUT2D eigenvalue weighted by Crippen LogP contribution is -2.27. The van der Waals surface area contributed by atoms with Gasteiger partial charge in [0.2, 0.25) is 0 Å². The van der Waals surface area contributed by atoms with Crippen molar-refractivity contribution >= 4 is 10.9 Å². The Hall–Kier alpha value is -1.35. The third-order valence-corrected chi connectivity index (χ3v) is 3.32. The average molecular weight is 231 g/mol. The van der Waals surface area contributed by atoms with Crippen LogP contribution in [0.4, 0.5) is 0 Å². The van der Waals surface area contributed by atoms with Crippen molar-refractivity contribution in [3.05, 3.63) is 30.0 Å². The van der Waals surface area contributed by atoms with Crippen LogP contribution in [0.2, 0.25) is 0 Å². The van der Waals surface area contributed by atoms with Crippen LogP contribution in [0.5, 0.6) is 0 Å². The number of hydrogen-bond donors (Lipinski definition) is 1. The van der Waals surface area contributed by atoms with Crippen LogP contribution in [0.25, 0.3) is 10.9 Å². The second-order valence-electron chi connectivity index (χ2n) is 4.57. The Balaban J connectivity index is 2.29. The lowest BCUT2D eigenvalue weighted by atomic mass is 10.0. The highest BCUT2D eigenvalue weighted by Crippen LogP contribution is 2.19. The lowest BCUT2D eigenvalue weighted by molar-refractivity contribution is 0.507. The van der Waals surface area contributed by atoms with E-state index in [4.69, 9.17) is 0 Å². The van der Waals surface area contributed by atoms with Crippen LogP contribution in [-0.2, 0) is 13.5 Å². The monoisotopic (exact) mass is 231 g/mol. The zero-order chi connectivity index (χ0) is 12.3. The number of nitrogens with one attached hydrogen (secondary N) is 1. The molecule has 0 fully saturated rings. The summed E-state index contributed by atoms with van der Waals surface area (Å²) in [5.41, 5.74) is 2.42. The number of nitrogens with zero attached hydrogens (tertiary/aromatic N) is 2. The van der Waals surface area contributed by atoms with Gasteiger partial charge in [0, 0.05) is 24.9 Å². The number of hydrogen-bond acceptors (Lipinski definition) is 2. The van der Waals surface area contributed by atoms with Gasteiger partial charge in [0.1, 0.15) is 0 Å². The highest BCUT2D eigenvalue weighted by atomic mass is 15.3. The first-order valence-electron chi connectivity index (χ1n) is 6.34. The van der Waals surface area contributed by atoms with Crippen LogP contribution < -0.4 is 5.32 Å². The molecule has 0 aliphatic rings. The van der Waals surface area contributed by atoms with Crippen molar-refractivity contribution in [1.82, 2.24) is 15.1 Å². The van der Waals surface area contributed by atoms with Crippen molar-refractivity contribution < 1.29 is 0 Å². The van der Waals surface area contributed by atoms with Crippen LogP contribution >= 0.6 is 0 Å². The minimum absolute atomic E-state index is 0.526. The number of aromatic nitrogens is 2. The molecule has 1 aromatic heterocycles. The zero-order valence-electron chi connectivity index (χ0n) is 10.9. The Morgan fingerprint density at radius 3 is 2.82 bits per heavy atom. The standard InChI is InChI=1S/C14H21N3/c1-4-7-11(15-2)10-13-12-8-5-6-9-14(12)17(3)16-13/h5-6,8-9,11,15H,4,7,10H2,1-3H3. The Morgan fingerprint density at radius 1 is 1.35 bits per heavy atom. The summed E-state index contributed by atoms with van der Waals surface area (Å²) in [6, 6.07) is 8.96. The van der Waals surface area contributed by atoms with E-state index in [1.807, 2.05) is 18.8 Å². The molecule has 2 aromatic rings. The first-order valence-corrected chi connectivity index (χ1v) is 6.34. The molecule has 1 aromatic carbocycles. The summed E-state index contributed by atoms with van der Waals surface area (Å²) in [7, 11) is 4.05. The number of para-hydroxylation sites is 1. The number of likely N-dealkylation sites (N-methyl/N-ethyl adjacent to an activating group) is 1. The molecule has 0 radical (unpaired) electrons. The zero-order valence-corrected chi connectivity index (χ0v) is 10.9. The van der Waals surface area contributed by atoms with Gasteiger partial charge in [-0.1, -0.05) is 31.5 Å². The Bertz CT molecular complexity index is 487. The van der Waals surface area contributed by atoms with Gasteiger partial charge in [-0.15, -0.1) is 0 Å². The molecule has 0 saturated carbocycles. The van der Waals surface area contributed by atoms with Crippen molar-refractivity contribution in [3.8, 4) is 0 Å². The molecular weight excluding hydrogens is 210 g/mol. The van der Waals surface area contributed by atoms with Gasteiger partial charge in [0.15, 0.2) is 0 Å². The van der Waals surface area contributed by atoms with Crippen molar-refractivity contribution in [3.63, 3.8) is 0 Å². The van der Waals surface area contributed by atoms with Gasteiger partial charge in [-0.3, -0.25) is 4.68 Å². The topological polar surface area (TPSA) is 29.9 Å². The molecule has 92 valence electrons. The van der Waals surface area contributed by atoms with E-state index >= 15 is 0 Å². The van der Waals surface area contributed by atoms with E-state index in [1.165, 1.54) is 29.4 Å². The van der Waals surface area contributed by atoms with E-state index in [0.29, 0.717) is 6.04 Å². The molecule has 3 heteroatoms. The maximum absolute atomic E-state index is 4.64. The molecule has 0 amide bonds. The van der Waals surface area contributed by atoms with Crippen molar-refractivity contribution in [2.24, 2.45) is 7.05 Å². The summed E-state index contributed by atoms with van der Waals surface area (Å²) >= 11 is 0. The Labute approximate surface area is 103 Å². The largest absolute Gasteiger partial charge is 0.317 e. The fourth-order valence-corrected chi connectivity index (χ4v) is 2.37. The van der Waals surface area contributed by atoms with Gasteiger partial charge in [-0.25, -0.2) is 0 Å². The summed E-state index contributed by atoms with van der Waals surface area (Å²) in [5, 5.41) is 9.30. The summed E-state index contributed by atoms with van der Waals surface area (Å²) in [4.78, 5) is 0. The van der Waals surface area contributed by atoms with Gasteiger partial charge in [0.05, 0.1) is 11.2 Å². The van der Waals surface area contributed by atoms with Crippen molar-refractivity contribution in [2.75, 3.05) is 7.05 Å². The molecule has 1 unspecified atom stereocenters. The van der Waals surface area contributed by atoms with Crippen LogP contribution in [0.1, 0.15) is 25.5 Å². The first kappa shape index (κ1) is 12.1. The second-order valence-corrected chi connectivity index (χ2v) is 4.57. The molecule has 2 rings (SSSR count). The first-order chi connectivity index (χ1) is 8.26. The number of fused-ring (bicyclic) bond motifs is 1. The third-order valence-electron chi connectivity index (χ3n) is 3.32. The number of aryl methyl sites for hydroxylation is 1. The highest BCUT2D eigenvalue weighted by Gasteiger charge is 2.12. The van der Waals surface area contributed by atoms with E-state index < -0.39 is 0 Å². The molecule has 0 bridgehead atoms. The minimum Gasteiger partial charge on any atom is -0.317 e. The maximum atomic E-state index is 4.64. The molecule has 0 aliphatic carbocycles. The maximum Gasteiger partial charge on any atom is 0.0718 e. The summed E-state index contributed by atoms with van der Waals surface area (Å²) in [6.45, 7) is 2.22. The smallest absolute Gasteiger partial charge is 0.0718 e. The van der Waals surface area contributed by atoms with Crippen LogP contribution in [0.3, 0.4) is 0 Å².